The van der Waals surface area contributed by atoms with Crippen LogP contribution in [0.25, 0.3) is 22.4 Å². The first-order valence-electron chi connectivity index (χ1n) is 11.1. The standard InChI is InChI=1S/C24H28N/c1-17(2)13-22-15-24(25(5)16-19(22)4)23-14-21(12-11-18(23)3)20-9-7-6-8-10-20/h6-12,14-17H,13H2,1-5H3/q+1/i4D3,13D2. The Balaban J connectivity index is 2.27. The molecule has 1 heteroatoms. The van der Waals surface area contributed by atoms with Gasteiger partial charge in [0.05, 0.1) is 0 Å². The zero-order valence-corrected chi connectivity index (χ0v) is 15.3. The van der Waals surface area contributed by atoms with Crippen molar-refractivity contribution in [1.82, 2.24) is 0 Å². The minimum Gasteiger partial charge on any atom is -0.201 e. The summed E-state index contributed by atoms with van der Waals surface area (Å²) in [5.41, 5.74) is 5.24. The molecule has 0 aliphatic rings. The molecule has 0 aliphatic heterocycles. The Kier molecular flexibility index (Phi) is 3.48. The number of pyridine rings is 1. The molecule has 0 saturated carbocycles. The summed E-state index contributed by atoms with van der Waals surface area (Å²) in [4.78, 5) is 0. The lowest BCUT2D eigenvalue weighted by molar-refractivity contribution is -0.660. The van der Waals surface area contributed by atoms with E-state index < -0.39 is 13.2 Å². The molecule has 0 spiro atoms. The van der Waals surface area contributed by atoms with Crippen LogP contribution in [0, 0.1) is 19.7 Å². The number of aryl methyl sites for hydroxylation is 3. The van der Waals surface area contributed by atoms with Gasteiger partial charge < -0.3 is 0 Å². The van der Waals surface area contributed by atoms with E-state index >= 15 is 0 Å². The van der Waals surface area contributed by atoms with Crippen LogP contribution in [0.3, 0.4) is 0 Å². The molecule has 0 unspecified atom stereocenters. The van der Waals surface area contributed by atoms with Gasteiger partial charge in [0.15, 0.2) is 6.20 Å². The summed E-state index contributed by atoms with van der Waals surface area (Å²) in [6, 6.07) is 18.0. The molecule has 0 amide bonds. The smallest absolute Gasteiger partial charge is 0.201 e. The molecule has 1 nitrogen and oxygen atoms in total. The fourth-order valence-corrected chi connectivity index (χ4v) is 3.06. The summed E-state index contributed by atoms with van der Waals surface area (Å²) in [5, 5.41) is 0. The molecule has 0 N–H and O–H groups in total. The summed E-state index contributed by atoms with van der Waals surface area (Å²) in [6.07, 6.45) is -0.204. The summed E-state index contributed by atoms with van der Waals surface area (Å²) in [6.45, 7) is 3.17. The zero-order chi connectivity index (χ0) is 22.3. The van der Waals surface area contributed by atoms with E-state index in [2.05, 4.69) is 24.3 Å². The Morgan fingerprint density at radius 1 is 1.00 bits per heavy atom. The average Bonchev–Trinajstić information content (AvgIpc) is 2.68. The molecule has 0 saturated heterocycles. The highest BCUT2D eigenvalue weighted by Gasteiger charge is 2.17. The van der Waals surface area contributed by atoms with Crippen LogP contribution < -0.4 is 4.57 Å². The quantitative estimate of drug-likeness (QED) is 0.542. The average molecular weight is 336 g/mol. The second kappa shape index (κ2) is 7.23. The van der Waals surface area contributed by atoms with Gasteiger partial charge in [-0.3, -0.25) is 0 Å². The lowest BCUT2D eigenvalue weighted by Crippen LogP contribution is -2.32. The lowest BCUT2D eigenvalue weighted by Gasteiger charge is -2.12. The molecule has 3 rings (SSSR count). The fraction of sp³-hybridized carbons (Fsp3) is 0.292. The second-order valence-electron chi connectivity index (χ2n) is 6.79. The van der Waals surface area contributed by atoms with Gasteiger partial charge in [0.2, 0.25) is 5.69 Å². The van der Waals surface area contributed by atoms with E-state index in [0.29, 0.717) is 0 Å². The van der Waals surface area contributed by atoms with Gasteiger partial charge in [0.1, 0.15) is 7.05 Å². The van der Waals surface area contributed by atoms with Crippen LogP contribution >= 0.6 is 0 Å². The van der Waals surface area contributed by atoms with Gasteiger partial charge in [0.25, 0.3) is 0 Å². The van der Waals surface area contributed by atoms with Gasteiger partial charge in [-0.25, -0.2) is 4.57 Å². The van der Waals surface area contributed by atoms with E-state index in [0.717, 1.165) is 27.9 Å². The Morgan fingerprint density at radius 3 is 2.44 bits per heavy atom. The molecule has 0 atom stereocenters. The van der Waals surface area contributed by atoms with E-state index in [9.17, 15) is 0 Å². The van der Waals surface area contributed by atoms with E-state index in [4.69, 9.17) is 6.85 Å². The van der Waals surface area contributed by atoms with Crippen LogP contribution in [0.2, 0.25) is 0 Å². The Labute approximate surface area is 159 Å². The maximum Gasteiger partial charge on any atom is 0.212 e. The largest absolute Gasteiger partial charge is 0.212 e. The van der Waals surface area contributed by atoms with E-state index in [1.807, 2.05) is 38.2 Å². The first-order valence-corrected chi connectivity index (χ1v) is 8.64. The molecular weight excluding hydrogens is 302 g/mol. The van der Waals surface area contributed by atoms with E-state index in [1.54, 1.807) is 30.7 Å². The van der Waals surface area contributed by atoms with Crippen LogP contribution in [0.4, 0.5) is 0 Å². The first kappa shape index (κ1) is 12.0. The highest BCUT2D eigenvalue weighted by Crippen LogP contribution is 2.29. The summed E-state index contributed by atoms with van der Waals surface area (Å²) in [5.74, 6) is -0.365. The maximum absolute atomic E-state index is 8.61. The monoisotopic (exact) mass is 335 g/mol. The molecule has 1 heterocycles. The van der Waals surface area contributed by atoms with E-state index in [-0.39, 0.29) is 17.0 Å². The topological polar surface area (TPSA) is 3.88 Å². The highest BCUT2D eigenvalue weighted by molar-refractivity contribution is 5.73. The molecule has 0 fully saturated rings. The minimum atomic E-state index is -2.39. The molecule has 0 bridgehead atoms. The van der Waals surface area contributed by atoms with Crippen LogP contribution in [0.5, 0.6) is 0 Å². The fourth-order valence-electron chi connectivity index (χ4n) is 3.06. The molecule has 3 aromatic rings. The summed E-state index contributed by atoms with van der Waals surface area (Å²) >= 11 is 0. The predicted octanol–water partition coefficient (Wildman–Crippen LogP) is 5.66. The van der Waals surface area contributed by atoms with Crippen molar-refractivity contribution < 1.29 is 11.4 Å². The molecule has 25 heavy (non-hydrogen) atoms. The van der Waals surface area contributed by atoms with Crippen molar-refractivity contribution in [2.75, 3.05) is 0 Å². The SMILES string of the molecule is [2H]C([2H])([2H])c1c[n+](C)c(-c2cc(-c3ccccc3)ccc2C)cc1C([2H])([2H])C(C)C. The van der Waals surface area contributed by atoms with Gasteiger partial charge in [0, 0.05) is 24.0 Å². The van der Waals surface area contributed by atoms with Gasteiger partial charge in [-0.05, 0) is 54.4 Å². The minimum absolute atomic E-state index is 0.0596. The number of nitrogens with zero attached hydrogens (tertiary/aromatic N) is 1. The normalized spacial score (nSPS) is 15.2. The van der Waals surface area contributed by atoms with Crippen molar-refractivity contribution in [3.63, 3.8) is 0 Å². The second-order valence-corrected chi connectivity index (χ2v) is 6.79. The number of hydrogen-bond donors (Lipinski definition) is 0. The van der Waals surface area contributed by atoms with Crippen molar-refractivity contribution in [2.45, 2.75) is 34.0 Å². The number of rotatable bonds is 4. The molecule has 1 aromatic heterocycles. The highest BCUT2D eigenvalue weighted by atomic mass is 14.9. The van der Waals surface area contributed by atoms with Crippen molar-refractivity contribution in [1.29, 1.82) is 0 Å². The van der Waals surface area contributed by atoms with Gasteiger partial charge in [-0.15, -0.1) is 0 Å². The third-order valence-electron chi connectivity index (χ3n) is 4.34. The third-order valence-corrected chi connectivity index (χ3v) is 4.34. The van der Waals surface area contributed by atoms with Crippen molar-refractivity contribution >= 4 is 0 Å². The van der Waals surface area contributed by atoms with Crippen LogP contribution in [0.15, 0.2) is 60.8 Å². The number of hydrogen-bond acceptors (Lipinski definition) is 0. The number of aromatic nitrogens is 1. The Morgan fingerprint density at radius 2 is 1.76 bits per heavy atom. The predicted molar refractivity (Wildman–Crippen MR) is 107 cm³/mol. The van der Waals surface area contributed by atoms with Gasteiger partial charge >= 0.3 is 0 Å². The van der Waals surface area contributed by atoms with Gasteiger partial charge in [-0.1, -0.05) is 56.3 Å². The Hall–Kier alpha value is -2.41. The number of benzene rings is 2. The molecular formula is C24H28N+. The Bertz CT molecular complexity index is 1050. The first-order chi connectivity index (χ1) is 13.9. The zero-order valence-electron chi connectivity index (χ0n) is 20.3. The van der Waals surface area contributed by atoms with Crippen LogP contribution in [0.1, 0.15) is 37.4 Å². The summed E-state index contributed by atoms with van der Waals surface area (Å²) < 4.78 is 42.9. The van der Waals surface area contributed by atoms with Crippen molar-refractivity contribution in [3.8, 4) is 22.4 Å². The van der Waals surface area contributed by atoms with Crippen LogP contribution in [-0.4, -0.2) is 0 Å². The van der Waals surface area contributed by atoms with Crippen LogP contribution in [-0.2, 0) is 13.4 Å². The van der Waals surface area contributed by atoms with Gasteiger partial charge in [-0.2, -0.15) is 0 Å². The van der Waals surface area contributed by atoms with Crippen molar-refractivity contribution in [3.05, 3.63) is 77.5 Å². The maximum atomic E-state index is 8.61. The molecule has 2 aromatic carbocycles. The molecule has 0 aliphatic carbocycles. The van der Waals surface area contributed by atoms with Crippen molar-refractivity contribution in [2.24, 2.45) is 13.0 Å². The molecule has 128 valence electrons. The molecule has 0 radical (unpaired) electrons. The lowest BCUT2D eigenvalue weighted by atomic mass is 9.94. The summed E-state index contributed by atoms with van der Waals surface area (Å²) in [7, 11) is 1.81. The third kappa shape index (κ3) is 3.82. The van der Waals surface area contributed by atoms with E-state index in [1.165, 1.54) is 0 Å².